The molecule has 0 radical (unpaired) electrons. The van der Waals surface area contributed by atoms with E-state index in [0.29, 0.717) is 12.0 Å². The molecule has 106 valence electrons. The summed E-state index contributed by atoms with van der Waals surface area (Å²) in [6.45, 7) is 11.7. The molecular weight excluding hydrogens is 264 g/mol. The summed E-state index contributed by atoms with van der Waals surface area (Å²) in [7, 11) is -1.84. The predicted octanol–water partition coefficient (Wildman–Crippen LogP) is 1.56. The van der Waals surface area contributed by atoms with Crippen molar-refractivity contribution in [1.29, 1.82) is 0 Å². The quantitative estimate of drug-likeness (QED) is 0.377. The lowest BCUT2D eigenvalue weighted by Crippen LogP contribution is -2.35. The smallest absolute Gasteiger partial charge is 0.330 e. The van der Waals surface area contributed by atoms with E-state index in [4.69, 9.17) is 14.0 Å². The largest absolute Gasteiger partial charge is 0.478 e. The van der Waals surface area contributed by atoms with Gasteiger partial charge in [-0.3, -0.25) is 0 Å². The van der Waals surface area contributed by atoms with Crippen molar-refractivity contribution in [3.63, 3.8) is 0 Å². The number of carboxylic acid groups (broad SMARTS) is 1. The average Bonchev–Trinajstić information content (AvgIpc) is 2.21. The van der Waals surface area contributed by atoms with Crippen LogP contribution in [-0.2, 0) is 13.6 Å². The van der Waals surface area contributed by atoms with Gasteiger partial charge in [0.2, 0.25) is 0 Å². The monoisotopic (exact) mass is 290 g/mol. The van der Waals surface area contributed by atoms with Gasteiger partial charge >= 0.3 is 5.97 Å². The van der Waals surface area contributed by atoms with Gasteiger partial charge in [0.1, 0.15) is 0 Å². The zero-order valence-electron chi connectivity index (χ0n) is 11.9. The highest BCUT2D eigenvalue weighted by Gasteiger charge is 2.17. The van der Waals surface area contributed by atoms with Crippen LogP contribution < -0.4 is 0 Å². The minimum atomic E-state index is -1.48. The first-order valence-corrected chi connectivity index (χ1v) is 11.8. The van der Waals surface area contributed by atoms with Crippen molar-refractivity contribution in [2.45, 2.75) is 58.8 Å². The molecule has 1 N–H and O–H groups in total. The van der Waals surface area contributed by atoms with Crippen LogP contribution in [0.15, 0.2) is 12.2 Å². The number of carbonyl (C=O) groups is 1. The van der Waals surface area contributed by atoms with E-state index in [1.165, 1.54) is 0 Å². The molecule has 0 rings (SSSR count). The second-order valence-electron chi connectivity index (χ2n) is 4.95. The van der Waals surface area contributed by atoms with E-state index in [0.717, 1.165) is 12.5 Å². The van der Waals surface area contributed by atoms with Gasteiger partial charge in [0.15, 0.2) is 0 Å². The zero-order valence-corrected chi connectivity index (χ0v) is 14.5. The van der Waals surface area contributed by atoms with Crippen LogP contribution in [0.3, 0.4) is 0 Å². The number of hydrogen-bond acceptors (Lipinski definition) is 3. The molecule has 0 aliphatic carbocycles. The van der Waals surface area contributed by atoms with Crippen LogP contribution in [0.25, 0.3) is 0 Å². The Morgan fingerprint density at radius 1 is 1.28 bits per heavy atom. The molecule has 18 heavy (non-hydrogen) atoms. The molecule has 0 aliphatic rings. The lowest BCUT2D eigenvalue weighted by molar-refractivity contribution is -0.132. The van der Waals surface area contributed by atoms with Gasteiger partial charge in [0, 0.05) is 17.8 Å². The first kappa shape index (κ1) is 17.6. The number of carboxylic acids is 1. The molecule has 0 atom stereocenters. The molecule has 0 amide bonds. The summed E-state index contributed by atoms with van der Waals surface area (Å²) in [6.07, 6.45) is 1.92. The Morgan fingerprint density at radius 2 is 1.78 bits per heavy atom. The van der Waals surface area contributed by atoms with Crippen LogP contribution >= 0.6 is 0 Å². The third kappa shape index (κ3) is 9.58. The zero-order chi connectivity index (χ0) is 14.1. The minimum absolute atomic E-state index is 0.224. The molecular formula is C12H26O4Si2. The Kier molecular flexibility index (Phi) is 9.26. The van der Waals surface area contributed by atoms with E-state index < -0.39 is 14.8 Å². The molecule has 0 aromatic rings. The van der Waals surface area contributed by atoms with Gasteiger partial charge in [-0.15, -0.1) is 0 Å². The van der Waals surface area contributed by atoms with Gasteiger partial charge in [-0.2, -0.15) is 0 Å². The second-order valence-corrected chi connectivity index (χ2v) is 11.4. The average molecular weight is 291 g/mol. The van der Waals surface area contributed by atoms with Gasteiger partial charge in [-0.05, 0) is 34.1 Å². The summed E-state index contributed by atoms with van der Waals surface area (Å²) in [5, 5.41) is 8.70. The third-order valence-corrected chi connectivity index (χ3v) is 9.19. The Labute approximate surface area is 114 Å². The summed E-state index contributed by atoms with van der Waals surface area (Å²) in [5.74, 6) is -0.887. The molecule has 0 saturated carbocycles. The van der Waals surface area contributed by atoms with Crippen molar-refractivity contribution in [2.75, 3.05) is 0 Å². The van der Waals surface area contributed by atoms with Crippen LogP contribution in [0.5, 0.6) is 0 Å². The Morgan fingerprint density at radius 3 is 2.17 bits per heavy atom. The summed E-state index contributed by atoms with van der Waals surface area (Å²) in [6, 6.07) is 1.07. The third-order valence-electron chi connectivity index (χ3n) is 2.32. The van der Waals surface area contributed by atoms with E-state index in [9.17, 15) is 4.79 Å². The Bertz CT molecular complexity index is 257. The lowest BCUT2D eigenvalue weighted by Gasteiger charge is -2.21. The van der Waals surface area contributed by atoms with Crippen LogP contribution in [-0.4, -0.2) is 41.1 Å². The maximum Gasteiger partial charge on any atom is 0.330 e. The molecule has 4 nitrogen and oxygen atoms in total. The number of aliphatic carboxylic acids is 1. The van der Waals surface area contributed by atoms with Crippen molar-refractivity contribution in [3.8, 4) is 0 Å². The first-order valence-electron chi connectivity index (χ1n) is 6.55. The SMILES string of the molecule is C=C(CCC[SiH2][SiH](OC(C)C)OC(C)C)C(=O)O. The van der Waals surface area contributed by atoms with Gasteiger partial charge in [-0.1, -0.05) is 19.0 Å². The topological polar surface area (TPSA) is 55.8 Å². The maximum absolute atomic E-state index is 10.6. The van der Waals surface area contributed by atoms with Gasteiger partial charge in [0.25, 0.3) is 8.80 Å². The van der Waals surface area contributed by atoms with E-state index in [1.54, 1.807) is 0 Å². The molecule has 0 fully saturated rings. The first-order chi connectivity index (χ1) is 8.32. The Balaban J connectivity index is 3.88. The molecule has 0 unspecified atom stereocenters. The standard InChI is InChI=1S/C12H26O4Si2/c1-9(2)15-18(16-10(3)4)17-8-6-7-11(5)12(13)14/h9-10,18H,5-8,17H2,1-4H3,(H,13,14). The summed E-state index contributed by atoms with van der Waals surface area (Å²) >= 11 is 0. The molecule has 0 bridgehead atoms. The van der Waals surface area contributed by atoms with Gasteiger partial charge < -0.3 is 14.0 Å². The fraction of sp³-hybridized carbons (Fsp3) is 0.750. The highest BCUT2D eigenvalue weighted by atomic mass is 29.2. The normalized spacial score (nSPS) is 12.2. The van der Waals surface area contributed by atoms with Gasteiger partial charge in [0.05, 0.1) is 9.04 Å². The van der Waals surface area contributed by atoms with E-state index in [2.05, 4.69) is 6.58 Å². The van der Waals surface area contributed by atoms with Crippen molar-refractivity contribution < 1.29 is 18.8 Å². The van der Waals surface area contributed by atoms with E-state index in [1.807, 2.05) is 27.7 Å². The van der Waals surface area contributed by atoms with Crippen molar-refractivity contribution >= 4 is 23.8 Å². The van der Waals surface area contributed by atoms with E-state index in [-0.39, 0.29) is 21.2 Å². The van der Waals surface area contributed by atoms with Crippen molar-refractivity contribution in [2.24, 2.45) is 0 Å². The summed E-state index contributed by atoms with van der Waals surface area (Å²) in [4.78, 5) is 10.6. The summed E-state index contributed by atoms with van der Waals surface area (Å²) in [5.41, 5.74) is 0.303. The molecule has 0 spiro atoms. The van der Waals surface area contributed by atoms with Crippen molar-refractivity contribution in [1.82, 2.24) is 0 Å². The molecule has 6 heteroatoms. The molecule has 0 aromatic heterocycles. The number of hydrogen-bond donors (Lipinski definition) is 1. The molecule has 0 aromatic carbocycles. The van der Waals surface area contributed by atoms with E-state index >= 15 is 0 Å². The van der Waals surface area contributed by atoms with Crippen molar-refractivity contribution in [3.05, 3.63) is 12.2 Å². The molecule has 0 saturated heterocycles. The number of rotatable bonds is 10. The highest BCUT2D eigenvalue weighted by molar-refractivity contribution is 7.05. The fourth-order valence-corrected chi connectivity index (χ4v) is 8.95. The lowest BCUT2D eigenvalue weighted by atomic mass is 10.2. The van der Waals surface area contributed by atoms with Crippen LogP contribution in [0.2, 0.25) is 6.04 Å². The predicted molar refractivity (Wildman–Crippen MR) is 79.0 cm³/mol. The highest BCUT2D eigenvalue weighted by Crippen LogP contribution is 2.08. The fourth-order valence-electron chi connectivity index (χ4n) is 1.53. The molecule has 0 aliphatic heterocycles. The second kappa shape index (κ2) is 9.49. The van der Waals surface area contributed by atoms with Gasteiger partial charge in [-0.25, -0.2) is 4.79 Å². The minimum Gasteiger partial charge on any atom is -0.478 e. The summed E-state index contributed by atoms with van der Waals surface area (Å²) < 4.78 is 11.7. The van der Waals surface area contributed by atoms with Crippen LogP contribution in [0.1, 0.15) is 40.5 Å². The van der Waals surface area contributed by atoms with Crippen LogP contribution in [0, 0.1) is 0 Å². The Hall–Kier alpha value is -0.436. The van der Waals surface area contributed by atoms with Crippen LogP contribution in [0.4, 0.5) is 0 Å². The maximum atomic E-state index is 10.6. The molecule has 0 heterocycles.